The number of aliphatic hydroxyl groups is 1. The van der Waals surface area contributed by atoms with Crippen LogP contribution in [-0.2, 0) is 9.53 Å². The molecule has 0 saturated heterocycles. The van der Waals surface area contributed by atoms with Crippen LogP contribution in [0.2, 0.25) is 0 Å². The molecule has 0 aromatic carbocycles. The van der Waals surface area contributed by atoms with Crippen LogP contribution < -0.4 is 5.32 Å². The van der Waals surface area contributed by atoms with Gasteiger partial charge in [-0.1, -0.05) is 44.9 Å². The van der Waals surface area contributed by atoms with Gasteiger partial charge in [0.15, 0.2) is 0 Å². The van der Waals surface area contributed by atoms with E-state index >= 15 is 0 Å². The Labute approximate surface area is 142 Å². The molecule has 0 rings (SSSR count). The molecular weight excluding hydrogens is 290 g/mol. The lowest BCUT2D eigenvalue weighted by Crippen LogP contribution is -2.19. The Bertz CT molecular complexity index is 320. The van der Waals surface area contributed by atoms with Crippen molar-refractivity contribution in [3.05, 3.63) is 0 Å². The fourth-order valence-electron chi connectivity index (χ4n) is 2.18. The summed E-state index contributed by atoms with van der Waals surface area (Å²) < 4.78 is 5.17. The lowest BCUT2D eigenvalue weighted by atomic mass is 10.1. The van der Waals surface area contributed by atoms with Crippen molar-refractivity contribution < 1.29 is 14.6 Å². The van der Waals surface area contributed by atoms with E-state index in [4.69, 9.17) is 9.84 Å². The average Bonchev–Trinajstić information content (AvgIpc) is 2.56. The summed E-state index contributed by atoms with van der Waals surface area (Å²) in [5, 5.41) is 11.8. The van der Waals surface area contributed by atoms with Crippen LogP contribution in [0.15, 0.2) is 0 Å². The topological polar surface area (TPSA) is 58.6 Å². The summed E-state index contributed by atoms with van der Waals surface area (Å²) in [4.78, 5) is 11.5. The molecule has 0 amide bonds. The van der Waals surface area contributed by atoms with Gasteiger partial charge in [-0.3, -0.25) is 4.79 Å². The summed E-state index contributed by atoms with van der Waals surface area (Å²) in [5.41, 5.74) is 0. The fourth-order valence-corrected chi connectivity index (χ4v) is 2.18. The largest absolute Gasteiger partial charge is 0.465 e. The van der Waals surface area contributed by atoms with Crippen LogP contribution in [0.3, 0.4) is 0 Å². The summed E-state index contributed by atoms with van der Waals surface area (Å²) >= 11 is 0. The number of nitrogens with one attached hydrogen (secondary N) is 1. The van der Waals surface area contributed by atoms with Gasteiger partial charge in [0.1, 0.15) is 6.61 Å². The van der Waals surface area contributed by atoms with Gasteiger partial charge in [-0.2, -0.15) is 0 Å². The van der Waals surface area contributed by atoms with Crippen LogP contribution in [0.25, 0.3) is 0 Å². The van der Waals surface area contributed by atoms with Gasteiger partial charge in [0, 0.05) is 25.8 Å². The highest BCUT2D eigenvalue weighted by atomic mass is 16.5. The second kappa shape index (κ2) is 19.0. The third-order valence-corrected chi connectivity index (χ3v) is 3.54. The summed E-state index contributed by atoms with van der Waals surface area (Å²) in [5.74, 6) is 6.08. The molecule has 0 spiro atoms. The van der Waals surface area contributed by atoms with E-state index in [2.05, 4.69) is 24.1 Å². The van der Waals surface area contributed by atoms with Crippen LogP contribution in [0.5, 0.6) is 0 Å². The van der Waals surface area contributed by atoms with Crippen LogP contribution in [0.4, 0.5) is 0 Å². The zero-order valence-corrected chi connectivity index (χ0v) is 14.9. The van der Waals surface area contributed by atoms with Crippen LogP contribution in [0, 0.1) is 11.8 Å². The highest BCUT2D eigenvalue weighted by Crippen LogP contribution is 2.06. The molecule has 0 saturated carbocycles. The first-order chi connectivity index (χ1) is 11.3. The number of hydrogen-bond donors (Lipinski definition) is 2. The van der Waals surface area contributed by atoms with Crippen LogP contribution >= 0.6 is 0 Å². The van der Waals surface area contributed by atoms with Gasteiger partial charge < -0.3 is 15.2 Å². The Balaban J connectivity index is 3.25. The lowest BCUT2D eigenvalue weighted by Gasteiger charge is -2.04. The molecule has 23 heavy (non-hydrogen) atoms. The van der Waals surface area contributed by atoms with E-state index in [0.717, 1.165) is 38.6 Å². The summed E-state index contributed by atoms with van der Waals surface area (Å²) in [6.07, 6.45) is 11.2. The number of hydrogen-bond acceptors (Lipinski definition) is 4. The molecular formula is C19H35NO3. The normalized spacial score (nSPS) is 10.2. The first kappa shape index (κ1) is 21.9. The number of rotatable bonds is 15. The first-order valence-electron chi connectivity index (χ1n) is 9.24. The second-order valence-electron chi connectivity index (χ2n) is 5.77. The molecule has 0 unspecified atom stereocenters. The molecule has 134 valence electrons. The summed E-state index contributed by atoms with van der Waals surface area (Å²) in [6, 6.07) is 0. The smallest absolute Gasteiger partial charge is 0.305 e. The third kappa shape index (κ3) is 18.9. The zero-order chi connectivity index (χ0) is 17.0. The molecule has 0 aliphatic carbocycles. The first-order valence-corrected chi connectivity index (χ1v) is 9.24. The highest BCUT2D eigenvalue weighted by molar-refractivity contribution is 5.69. The molecule has 0 bridgehead atoms. The van der Waals surface area contributed by atoms with E-state index in [9.17, 15) is 4.79 Å². The van der Waals surface area contributed by atoms with Gasteiger partial charge in [0.05, 0.1) is 6.61 Å². The van der Waals surface area contributed by atoms with Crippen molar-refractivity contribution in [3.63, 3.8) is 0 Å². The number of esters is 1. The minimum absolute atomic E-state index is 0.0950. The number of carbonyl (C=O) groups is 1. The molecule has 0 aliphatic rings. The Morgan fingerprint density at radius 1 is 0.957 bits per heavy atom. The SMILES string of the molecule is CCCCCC#CCCOC(=O)CCCCCCCNCCO. The second-order valence-corrected chi connectivity index (χ2v) is 5.77. The molecule has 0 atom stereocenters. The molecule has 2 N–H and O–H groups in total. The Kier molecular flexibility index (Phi) is 18.1. The van der Waals surface area contributed by atoms with Crippen LogP contribution in [-0.4, -0.2) is 37.4 Å². The van der Waals surface area contributed by atoms with Crippen LogP contribution in [0.1, 0.15) is 77.6 Å². The quantitative estimate of drug-likeness (QED) is 0.275. The molecule has 4 nitrogen and oxygen atoms in total. The van der Waals surface area contributed by atoms with E-state index in [1.807, 2.05) is 0 Å². The van der Waals surface area contributed by atoms with Crippen molar-refractivity contribution in [1.29, 1.82) is 0 Å². The standard InChI is InChI=1S/C19H35NO3/c1-2-3-4-5-6-10-13-18-23-19(22)14-11-8-7-9-12-15-20-16-17-21/h20-21H,2-5,7-9,11-18H2,1H3. The molecule has 0 heterocycles. The molecule has 0 fully saturated rings. The van der Waals surface area contributed by atoms with E-state index < -0.39 is 0 Å². The maximum Gasteiger partial charge on any atom is 0.305 e. The summed E-state index contributed by atoms with van der Waals surface area (Å²) in [7, 11) is 0. The van der Waals surface area contributed by atoms with Crippen molar-refractivity contribution in [3.8, 4) is 11.8 Å². The van der Waals surface area contributed by atoms with Gasteiger partial charge >= 0.3 is 5.97 Å². The molecule has 4 heteroatoms. The van der Waals surface area contributed by atoms with Gasteiger partial charge in [-0.05, 0) is 25.8 Å². The maximum atomic E-state index is 11.5. The molecule has 0 radical (unpaired) electrons. The molecule has 0 aliphatic heterocycles. The Hall–Kier alpha value is -1.05. The lowest BCUT2D eigenvalue weighted by molar-refractivity contribution is -0.143. The van der Waals surface area contributed by atoms with Gasteiger partial charge in [-0.25, -0.2) is 0 Å². The monoisotopic (exact) mass is 325 g/mol. The molecule has 0 aromatic heterocycles. The number of unbranched alkanes of at least 4 members (excludes halogenated alkanes) is 7. The number of carbonyl (C=O) groups excluding carboxylic acids is 1. The fraction of sp³-hybridized carbons (Fsp3) is 0.842. The number of ether oxygens (including phenoxy) is 1. The van der Waals surface area contributed by atoms with Crippen molar-refractivity contribution in [2.24, 2.45) is 0 Å². The average molecular weight is 325 g/mol. The highest BCUT2D eigenvalue weighted by Gasteiger charge is 2.01. The Morgan fingerprint density at radius 2 is 1.70 bits per heavy atom. The van der Waals surface area contributed by atoms with Gasteiger partial charge in [0.2, 0.25) is 0 Å². The predicted molar refractivity (Wildman–Crippen MR) is 95.2 cm³/mol. The van der Waals surface area contributed by atoms with Crippen molar-refractivity contribution >= 4 is 5.97 Å². The predicted octanol–water partition coefficient (Wildman–Crippen LogP) is 3.43. The third-order valence-electron chi connectivity index (χ3n) is 3.54. The van der Waals surface area contributed by atoms with Crippen molar-refractivity contribution in [2.75, 3.05) is 26.3 Å². The minimum atomic E-state index is -0.0950. The van der Waals surface area contributed by atoms with Crippen molar-refractivity contribution in [2.45, 2.75) is 77.6 Å². The zero-order valence-electron chi connectivity index (χ0n) is 14.9. The minimum Gasteiger partial charge on any atom is -0.465 e. The molecule has 0 aromatic rings. The summed E-state index contributed by atoms with van der Waals surface area (Å²) in [6.45, 7) is 4.45. The number of aliphatic hydroxyl groups excluding tert-OH is 1. The van der Waals surface area contributed by atoms with E-state index in [1.165, 1.54) is 25.7 Å². The van der Waals surface area contributed by atoms with E-state index in [-0.39, 0.29) is 12.6 Å². The van der Waals surface area contributed by atoms with E-state index in [0.29, 0.717) is 26.0 Å². The van der Waals surface area contributed by atoms with Gasteiger partial charge in [-0.15, -0.1) is 5.92 Å². The maximum absolute atomic E-state index is 11.5. The Morgan fingerprint density at radius 3 is 2.48 bits per heavy atom. The van der Waals surface area contributed by atoms with Crippen molar-refractivity contribution in [1.82, 2.24) is 5.32 Å². The van der Waals surface area contributed by atoms with E-state index in [1.54, 1.807) is 0 Å². The van der Waals surface area contributed by atoms with Gasteiger partial charge in [0.25, 0.3) is 0 Å².